The lowest BCUT2D eigenvalue weighted by Gasteiger charge is -2.40. The Hall–Kier alpha value is -0.120. The fraction of sp³-hybridized carbons (Fsp3) is 1.00. The molecule has 0 aliphatic carbocycles. The molecule has 1 fully saturated rings. The van der Waals surface area contributed by atoms with E-state index in [1.54, 1.807) is 7.11 Å². The summed E-state index contributed by atoms with van der Waals surface area (Å²) in [7, 11) is 1.80. The molecule has 0 radical (unpaired) electrons. The molecular weight excluding hydrogens is 176 g/mol. The van der Waals surface area contributed by atoms with Crippen molar-refractivity contribution in [3.63, 3.8) is 0 Å². The summed E-state index contributed by atoms with van der Waals surface area (Å²) in [5.41, 5.74) is 6.13. The number of nitrogens with zero attached hydrogens (tertiary/aromatic N) is 1. The molecule has 1 saturated heterocycles. The Morgan fingerprint density at radius 1 is 1.43 bits per heavy atom. The highest BCUT2D eigenvalue weighted by Crippen LogP contribution is 2.27. The molecule has 1 rings (SSSR count). The van der Waals surface area contributed by atoms with Gasteiger partial charge in [-0.05, 0) is 19.3 Å². The lowest BCUT2D eigenvalue weighted by Crippen LogP contribution is -2.52. The fourth-order valence-electron chi connectivity index (χ4n) is 2.47. The van der Waals surface area contributed by atoms with Gasteiger partial charge in [-0.1, -0.05) is 13.8 Å². The summed E-state index contributed by atoms with van der Waals surface area (Å²) in [6, 6.07) is 0. The zero-order valence-corrected chi connectivity index (χ0v) is 9.75. The Kier molecular flexibility index (Phi) is 4.35. The van der Waals surface area contributed by atoms with Crippen molar-refractivity contribution in [2.45, 2.75) is 44.8 Å². The first-order valence-corrected chi connectivity index (χ1v) is 5.70. The number of rotatable bonds is 5. The zero-order chi connectivity index (χ0) is 10.6. The molecule has 3 heteroatoms. The van der Waals surface area contributed by atoms with Crippen molar-refractivity contribution in [1.29, 1.82) is 0 Å². The lowest BCUT2D eigenvalue weighted by molar-refractivity contribution is 0.0688. The van der Waals surface area contributed by atoms with Gasteiger partial charge in [-0.3, -0.25) is 4.90 Å². The number of hydrogen-bond acceptors (Lipinski definition) is 3. The fourth-order valence-corrected chi connectivity index (χ4v) is 2.47. The van der Waals surface area contributed by atoms with Crippen LogP contribution in [0.4, 0.5) is 0 Å². The van der Waals surface area contributed by atoms with Crippen molar-refractivity contribution in [2.24, 2.45) is 5.73 Å². The van der Waals surface area contributed by atoms with E-state index in [1.165, 1.54) is 0 Å². The van der Waals surface area contributed by atoms with Crippen LogP contribution >= 0.6 is 0 Å². The Morgan fingerprint density at radius 3 is 2.43 bits per heavy atom. The van der Waals surface area contributed by atoms with Crippen molar-refractivity contribution in [1.82, 2.24) is 4.90 Å². The Bertz CT molecular complexity index is 160. The van der Waals surface area contributed by atoms with E-state index in [2.05, 4.69) is 18.7 Å². The Morgan fingerprint density at radius 2 is 2.07 bits per heavy atom. The van der Waals surface area contributed by atoms with E-state index >= 15 is 0 Å². The average Bonchev–Trinajstić information content (AvgIpc) is 2.71. The van der Waals surface area contributed by atoms with Crippen molar-refractivity contribution >= 4 is 0 Å². The van der Waals surface area contributed by atoms with Gasteiger partial charge in [0, 0.05) is 32.3 Å². The second-order valence-corrected chi connectivity index (χ2v) is 4.23. The lowest BCUT2D eigenvalue weighted by atomic mass is 9.91. The molecule has 1 heterocycles. The van der Waals surface area contributed by atoms with Crippen molar-refractivity contribution in [3.05, 3.63) is 0 Å². The monoisotopic (exact) mass is 200 g/mol. The smallest absolute Gasteiger partial charge is 0.0710 e. The molecule has 0 aromatic carbocycles. The summed E-state index contributed by atoms with van der Waals surface area (Å²) in [5.74, 6) is 0. The minimum absolute atomic E-state index is 0.216. The first-order chi connectivity index (χ1) is 6.72. The second kappa shape index (κ2) is 5.10. The van der Waals surface area contributed by atoms with E-state index in [4.69, 9.17) is 10.5 Å². The van der Waals surface area contributed by atoms with Gasteiger partial charge >= 0.3 is 0 Å². The molecule has 0 amide bonds. The van der Waals surface area contributed by atoms with Gasteiger partial charge in [0.15, 0.2) is 0 Å². The standard InChI is InChI=1S/C11H24N2O/c1-4-11(5-2,9-12)13-7-6-10(8-13)14-3/h10H,4-9,12H2,1-3H3. The van der Waals surface area contributed by atoms with Crippen LogP contribution in [0.1, 0.15) is 33.1 Å². The topological polar surface area (TPSA) is 38.5 Å². The number of likely N-dealkylation sites (tertiary alicyclic amines) is 1. The normalized spacial score (nSPS) is 24.4. The van der Waals surface area contributed by atoms with Crippen LogP contribution in [0.2, 0.25) is 0 Å². The molecule has 1 aliphatic rings. The van der Waals surface area contributed by atoms with Crippen LogP contribution in [0.3, 0.4) is 0 Å². The SMILES string of the molecule is CCC(CC)(CN)N1CCC(OC)C1. The zero-order valence-electron chi connectivity index (χ0n) is 9.75. The van der Waals surface area contributed by atoms with E-state index in [0.717, 1.165) is 38.9 Å². The summed E-state index contributed by atoms with van der Waals surface area (Å²) in [5, 5.41) is 0. The molecule has 0 aromatic rings. The van der Waals surface area contributed by atoms with Gasteiger partial charge in [-0.2, -0.15) is 0 Å². The molecule has 1 aliphatic heterocycles. The van der Waals surface area contributed by atoms with Crippen LogP contribution < -0.4 is 5.73 Å². The summed E-state index contributed by atoms with van der Waals surface area (Å²) < 4.78 is 5.39. The molecule has 84 valence electrons. The van der Waals surface area contributed by atoms with Gasteiger partial charge in [0.2, 0.25) is 0 Å². The van der Waals surface area contributed by atoms with Crippen LogP contribution in [-0.2, 0) is 4.74 Å². The number of nitrogens with two attached hydrogens (primary N) is 1. The van der Waals surface area contributed by atoms with Crippen LogP contribution in [0.25, 0.3) is 0 Å². The molecular formula is C11H24N2O. The van der Waals surface area contributed by atoms with Gasteiger partial charge in [-0.25, -0.2) is 0 Å². The predicted molar refractivity (Wildman–Crippen MR) is 59.4 cm³/mol. The summed E-state index contributed by atoms with van der Waals surface area (Å²) >= 11 is 0. The minimum atomic E-state index is 0.216. The number of methoxy groups -OCH3 is 1. The maximum Gasteiger partial charge on any atom is 0.0710 e. The summed E-state index contributed by atoms with van der Waals surface area (Å²) in [6.07, 6.45) is 3.84. The summed E-state index contributed by atoms with van der Waals surface area (Å²) in [6.45, 7) is 7.41. The molecule has 0 spiro atoms. The predicted octanol–water partition coefficient (Wildman–Crippen LogP) is 1.22. The highest BCUT2D eigenvalue weighted by molar-refractivity contribution is 4.94. The van der Waals surface area contributed by atoms with E-state index in [0.29, 0.717) is 6.10 Å². The van der Waals surface area contributed by atoms with Gasteiger partial charge < -0.3 is 10.5 Å². The first-order valence-electron chi connectivity index (χ1n) is 5.70. The van der Waals surface area contributed by atoms with Crippen LogP contribution in [0.5, 0.6) is 0 Å². The van der Waals surface area contributed by atoms with E-state index < -0.39 is 0 Å². The van der Waals surface area contributed by atoms with Gasteiger partial charge in [0.1, 0.15) is 0 Å². The largest absolute Gasteiger partial charge is 0.380 e. The molecule has 1 unspecified atom stereocenters. The van der Waals surface area contributed by atoms with Crippen LogP contribution in [-0.4, -0.2) is 43.3 Å². The maximum atomic E-state index is 5.91. The molecule has 14 heavy (non-hydrogen) atoms. The highest BCUT2D eigenvalue weighted by atomic mass is 16.5. The molecule has 0 saturated carbocycles. The highest BCUT2D eigenvalue weighted by Gasteiger charge is 2.36. The van der Waals surface area contributed by atoms with Crippen molar-refractivity contribution in [3.8, 4) is 0 Å². The molecule has 0 aromatic heterocycles. The third-order valence-corrected chi connectivity index (χ3v) is 3.85. The molecule has 3 nitrogen and oxygen atoms in total. The second-order valence-electron chi connectivity index (χ2n) is 4.23. The van der Waals surface area contributed by atoms with Crippen LogP contribution in [0, 0.1) is 0 Å². The van der Waals surface area contributed by atoms with Gasteiger partial charge in [0.05, 0.1) is 6.10 Å². The number of hydrogen-bond donors (Lipinski definition) is 1. The third kappa shape index (κ3) is 2.10. The average molecular weight is 200 g/mol. The summed E-state index contributed by atoms with van der Waals surface area (Å²) in [4.78, 5) is 2.52. The first kappa shape index (κ1) is 12.0. The Labute approximate surface area is 87.6 Å². The Balaban J connectivity index is 2.61. The third-order valence-electron chi connectivity index (χ3n) is 3.85. The number of ether oxygens (including phenoxy) is 1. The van der Waals surface area contributed by atoms with Crippen LogP contribution in [0.15, 0.2) is 0 Å². The molecule has 0 bridgehead atoms. The molecule has 2 N–H and O–H groups in total. The van der Waals surface area contributed by atoms with Gasteiger partial charge in [-0.15, -0.1) is 0 Å². The van der Waals surface area contributed by atoms with E-state index in [1.807, 2.05) is 0 Å². The molecule has 1 atom stereocenters. The van der Waals surface area contributed by atoms with Crippen molar-refractivity contribution < 1.29 is 4.74 Å². The van der Waals surface area contributed by atoms with E-state index in [9.17, 15) is 0 Å². The minimum Gasteiger partial charge on any atom is -0.380 e. The maximum absolute atomic E-state index is 5.91. The van der Waals surface area contributed by atoms with Crippen molar-refractivity contribution in [2.75, 3.05) is 26.7 Å². The van der Waals surface area contributed by atoms with E-state index in [-0.39, 0.29) is 5.54 Å². The quantitative estimate of drug-likeness (QED) is 0.725. The van der Waals surface area contributed by atoms with Gasteiger partial charge in [0.25, 0.3) is 0 Å².